The molecule has 3 nitrogen and oxygen atoms in total. The molecule has 0 radical (unpaired) electrons. The summed E-state index contributed by atoms with van der Waals surface area (Å²) in [7, 11) is 0. The fraction of sp³-hybridized carbons (Fsp3) is 0.250. The van der Waals surface area contributed by atoms with Gasteiger partial charge in [-0.25, -0.2) is 13.2 Å². The summed E-state index contributed by atoms with van der Waals surface area (Å²) in [5, 5.41) is 8.41. The summed E-state index contributed by atoms with van der Waals surface area (Å²) >= 11 is 0. The van der Waals surface area contributed by atoms with Gasteiger partial charge in [0, 0.05) is 18.3 Å². The van der Waals surface area contributed by atoms with Gasteiger partial charge in [0.2, 0.25) is 0 Å². The molecule has 0 fully saturated rings. The Kier molecular flexibility index (Phi) is 3.04. The molecule has 1 heterocycles. The van der Waals surface area contributed by atoms with Crippen molar-refractivity contribution in [2.24, 2.45) is 5.73 Å². The highest BCUT2D eigenvalue weighted by Crippen LogP contribution is 2.23. The van der Waals surface area contributed by atoms with Gasteiger partial charge in [-0.3, -0.25) is 4.98 Å². The molecule has 1 rings (SSSR count). The highest BCUT2D eigenvalue weighted by molar-refractivity contribution is 5.35. The summed E-state index contributed by atoms with van der Waals surface area (Å²) in [5.74, 6) is -1.01. The zero-order valence-electron chi connectivity index (χ0n) is 6.97. The first kappa shape index (κ1) is 10.5. The van der Waals surface area contributed by atoms with Crippen LogP contribution in [0.3, 0.4) is 0 Å². The van der Waals surface area contributed by atoms with E-state index in [0.29, 0.717) is 0 Å². The van der Waals surface area contributed by atoms with Gasteiger partial charge in [0.25, 0.3) is 6.43 Å². The molecule has 0 amide bonds. The Hall–Kier alpha value is -1.61. The minimum atomic E-state index is -2.89. The van der Waals surface area contributed by atoms with Gasteiger partial charge in [-0.05, 0) is 0 Å². The molecule has 0 saturated carbocycles. The molecule has 1 aromatic rings. The highest BCUT2D eigenvalue weighted by atomic mass is 19.3. The third-order valence-electron chi connectivity index (χ3n) is 1.67. The number of hydrogen-bond acceptors (Lipinski definition) is 3. The number of halogens is 3. The number of aromatic nitrogens is 1. The zero-order valence-corrected chi connectivity index (χ0v) is 6.97. The van der Waals surface area contributed by atoms with Crippen LogP contribution in [0.4, 0.5) is 13.2 Å². The molecule has 0 spiro atoms. The van der Waals surface area contributed by atoms with Crippen LogP contribution in [-0.4, -0.2) is 4.98 Å². The lowest BCUT2D eigenvalue weighted by Crippen LogP contribution is -2.09. The van der Waals surface area contributed by atoms with E-state index in [2.05, 4.69) is 4.98 Å². The van der Waals surface area contributed by atoms with Crippen LogP contribution in [0.25, 0.3) is 0 Å². The van der Waals surface area contributed by atoms with E-state index in [0.717, 1.165) is 6.20 Å². The van der Waals surface area contributed by atoms with E-state index >= 15 is 0 Å². The second-order valence-corrected chi connectivity index (χ2v) is 2.47. The van der Waals surface area contributed by atoms with Crippen LogP contribution in [0.1, 0.15) is 23.2 Å². The van der Waals surface area contributed by atoms with E-state index in [-0.39, 0.29) is 5.56 Å². The van der Waals surface area contributed by atoms with E-state index in [1.165, 1.54) is 6.07 Å². The lowest BCUT2D eigenvalue weighted by molar-refractivity contribution is 0.144. The molecule has 1 aromatic heterocycles. The molecule has 14 heavy (non-hydrogen) atoms. The number of rotatable bonds is 2. The standard InChI is InChI=1S/C8H6F3N3/c9-6-4(1-12)3-14-7(8(10)11)5(6)2-13/h3,8H,2,13H2. The first-order valence-electron chi connectivity index (χ1n) is 3.67. The molecule has 0 aromatic carbocycles. The quantitative estimate of drug-likeness (QED) is 0.788. The maximum Gasteiger partial charge on any atom is 0.280 e. The summed E-state index contributed by atoms with van der Waals surface area (Å²) in [4.78, 5) is 3.29. The van der Waals surface area contributed by atoms with Gasteiger partial charge < -0.3 is 5.73 Å². The average molecular weight is 201 g/mol. The van der Waals surface area contributed by atoms with E-state index in [4.69, 9.17) is 11.0 Å². The van der Waals surface area contributed by atoms with Crippen molar-refractivity contribution in [1.82, 2.24) is 4.98 Å². The SMILES string of the molecule is N#Cc1cnc(C(F)F)c(CN)c1F. The lowest BCUT2D eigenvalue weighted by Gasteiger charge is -2.07. The maximum atomic E-state index is 13.2. The average Bonchev–Trinajstić information content (AvgIpc) is 2.17. The largest absolute Gasteiger partial charge is 0.326 e. The second kappa shape index (κ2) is 4.07. The summed E-state index contributed by atoms with van der Waals surface area (Å²) in [6.45, 7) is -0.409. The third kappa shape index (κ3) is 1.67. The van der Waals surface area contributed by atoms with Crippen LogP contribution in [-0.2, 0) is 6.54 Å². The van der Waals surface area contributed by atoms with Gasteiger partial charge in [0.1, 0.15) is 23.1 Å². The van der Waals surface area contributed by atoms with Crippen molar-refractivity contribution in [3.8, 4) is 6.07 Å². The normalized spacial score (nSPS) is 10.3. The fourth-order valence-corrected chi connectivity index (χ4v) is 1.00. The first-order valence-corrected chi connectivity index (χ1v) is 3.67. The zero-order chi connectivity index (χ0) is 10.7. The van der Waals surface area contributed by atoms with Crippen molar-refractivity contribution in [1.29, 1.82) is 5.26 Å². The highest BCUT2D eigenvalue weighted by Gasteiger charge is 2.19. The summed E-state index contributed by atoms with van der Waals surface area (Å²) in [6, 6.07) is 1.50. The summed E-state index contributed by atoms with van der Waals surface area (Å²) in [6.07, 6.45) is -2.12. The van der Waals surface area contributed by atoms with E-state index < -0.39 is 30.0 Å². The van der Waals surface area contributed by atoms with Crippen molar-refractivity contribution < 1.29 is 13.2 Å². The van der Waals surface area contributed by atoms with Crippen molar-refractivity contribution in [3.05, 3.63) is 28.8 Å². The smallest absolute Gasteiger partial charge is 0.280 e. The summed E-state index contributed by atoms with van der Waals surface area (Å²) < 4.78 is 37.7. The molecule has 74 valence electrons. The van der Waals surface area contributed by atoms with Crippen molar-refractivity contribution in [2.75, 3.05) is 0 Å². The molecule has 0 aliphatic carbocycles. The van der Waals surface area contributed by atoms with E-state index in [1.54, 1.807) is 0 Å². The lowest BCUT2D eigenvalue weighted by atomic mass is 10.1. The molecule has 0 saturated heterocycles. The number of nitrogens with zero attached hydrogens (tertiary/aromatic N) is 2. The Balaban J connectivity index is 3.38. The molecule has 0 aliphatic heterocycles. The Morgan fingerprint density at radius 2 is 2.21 bits per heavy atom. The Labute approximate surface area is 78.0 Å². The second-order valence-electron chi connectivity index (χ2n) is 2.47. The van der Waals surface area contributed by atoms with Crippen molar-refractivity contribution in [3.63, 3.8) is 0 Å². The predicted octanol–water partition coefficient (Wildman–Crippen LogP) is 1.49. The topological polar surface area (TPSA) is 62.7 Å². The first-order chi connectivity index (χ1) is 6.61. The van der Waals surface area contributed by atoms with Gasteiger partial charge in [-0.1, -0.05) is 0 Å². The van der Waals surface area contributed by atoms with Crippen LogP contribution in [0, 0.1) is 17.1 Å². The van der Waals surface area contributed by atoms with Gasteiger partial charge in [0.15, 0.2) is 0 Å². The van der Waals surface area contributed by atoms with Crippen LogP contribution in [0.2, 0.25) is 0 Å². The number of hydrogen-bond donors (Lipinski definition) is 1. The fourth-order valence-electron chi connectivity index (χ4n) is 1.00. The predicted molar refractivity (Wildman–Crippen MR) is 41.8 cm³/mol. The molecule has 0 unspecified atom stereocenters. The Morgan fingerprint density at radius 3 is 2.64 bits per heavy atom. The Bertz CT molecular complexity index is 384. The molecule has 0 aliphatic rings. The van der Waals surface area contributed by atoms with E-state index in [1.807, 2.05) is 0 Å². The third-order valence-corrected chi connectivity index (χ3v) is 1.67. The van der Waals surface area contributed by atoms with Crippen molar-refractivity contribution in [2.45, 2.75) is 13.0 Å². The van der Waals surface area contributed by atoms with Crippen LogP contribution < -0.4 is 5.73 Å². The van der Waals surface area contributed by atoms with Crippen molar-refractivity contribution >= 4 is 0 Å². The van der Waals surface area contributed by atoms with Gasteiger partial charge >= 0.3 is 0 Å². The van der Waals surface area contributed by atoms with Gasteiger partial charge in [-0.2, -0.15) is 5.26 Å². The number of alkyl halides is 2. The molecule has 0 atom stereocenters. The number of pyridine rings is 1. The summed E-state index contributed by atoms with van der Waals surface area (Å²) in [5.41, 5.74) is 3.60. The van der Waals surface area contributed by atoms with Gasteiger partial charge in [-0.15, -0.1) is 0 Å². The molecular formula is C8H6F3N3. The molecule has 0 bridgehead atoms. The van der Waals surface area contributed by atoms with Crippen LogP contribution >= 0.6 is 0 Å². The minimum Gasteiger partial charge on any atom is -0.326 e. The number of nitriles is 1. The van der Waals surface area contributed by atoms with Gasteiger partial charge in [0.05, 0.1) is 0 Å². The van der Waals surface area contributed by atoms with Crippen LogP contribution in [0.5, 0.6) is 0 Å². The van der Waals surface area contributed by atoms with Crippen LogP contribution in [0.15, 0.2) is 6.20 Å². The molecular weight excluding hydrogens is 195 g/mol. The number of nitrogens with two attached hydrogens (primary N) is 1. The molecule has 6 heteroatoms. The molecule has 2 N–H and O–H groups in total. The van der Waals surface area contributed by atoms with E-state index in [9.17, 15) is 13.2 Å². The minimum absolute atomic E-state index is 0.380. The monoisotopic (exact) mass is 201 g/mol. The Morgan fingerprint density at radius 1 is 1.57 bits per heavy atom. The maximum absolute atomic E-state index is 13.2.